The molecule has 0 aliphatic carbocycles. The summed E-state index contributed by atoms with van der Waals surface area (Å²) in [4.78, 5) is 25.8. The summed E-state index contributed by atoms with van der Waals surface area (Å²) in [6.07, 6.45) is 4.36. The fraction of sp³-hybridized carbons (Fsp3) is 0.667. The molecule has 5 nitrogen and oxygen atoms in total. The molecule has 0 aromatic rings. The number of carbonyl (C=O) groups is 2. The number of aliphatic carboxylic acids is 1. The minimum absolute atomic E-state index is 0.119. The first kappa shape index (κ1) is 16.8. The predicted molar refractivity (Wildman–Crippen MR) is 75.0 cm³/mol. The van der Waals surface area contributed by atoms with Gasteiger partial charge in [-0.25, -0.2) is 4.79 Å². The van der Waals surface area contributed by atoms with E-state index in [0.717, 1.165) is 12.2 Å². The highest BCUT2D eigenvalue weighted by Gasteiger charge is 2.23. The first-order valence-electron chi connectivity index (χ1n) is 5.81. The van der Waals surface area contributed by atoms with Gasteiger partial charge in [0.1, 0.15) is 6.54 Å². The van der Waals surface area contributed by atoms with Crippen molar-refractivity contribution in [1.29, 1.82) is 0 Å². The Morgan fingerprint density at radius 2 is 2.11 bits per heavy atom. The lowest BCUT2D eigenvalue weighted by Gasteiger charge is -2.31. The van der Waals surface area contributed by atoms with E-state index in [0.29, 0.717) is 0 Å². The molecule has 1 atom stereocenters. The second kappa shape index (κ2) is 8.85. The Balaban J connectivity index is 4.71. The van der Waals surface area contributed by atoms with Gasteiger partial charge in [-0.05, 0) is 12.7 Å². The van der Waals surface area contributed by atoms with Crippen LogP contribution in [0, 0.1) is 0 Å². The van der Waals surface area contributed by atoms with Crippen LogP contribution in [-0.4, -0.2) is 65.1 Å². The van der Waals surface area contributed by atoms with Crippen LogP contribution in [0.4, 0.5) is 4.79 Å². The van der Waals surface area contributed by atoms with E-state index in [9.17, 15) is 9.59 Å². The molecule has 0 heterocycles. The Morgan fingerprint density at radius 1 is 1.50 bits per heavy atom. The van der Waals surface area contributed by atoms with Gasteiger partial charge in [0.15, 0.2) is 0 Å². The molecule has 0 saturated heterocycles. The maximum Gasteiger partial charge on any atom is 0.323 e. The van der Waals surface area contributed by atoms with Crippen molar-refractivity contribution < 1.29 is 14.7 Å². The molecule has 0 aromatic heterocycles. The van der Waals surface area contributed by atoms with Crippen molar-refractivity contribution in [2.45, 2.75) is 19.4 Å². The lowest BCUT2D eigenvalue weighted by Crippen LogP contribution is -2.48. The highest BCUT2D eigenvalue weighted by molar-refractivity contribution is 7.98. The van der Waals surface area contributed by atoms with Crippen LogP contribution >= 0.6 is 11.8 Å². The largest absolute Gasteiger partial charge is 0.480 e. The van der Waals surface area contributed by atoms with Crippen molar-refractivity contribution in [2.75, 3.05) is 32.1 Å². The number of thioether (sulfide) groups is 1. The molecule has 1 unspecified atom stereocenters. The van der Waals surface area contributed by atoms with Crippen LogP contribution in [0.1, 0.15) is 13.3 Å². The molecule has 0 bridgehead atoms. The molecule has 2 amide bonds. The van der Waals surface area contributed by atoms with Gasteiger partial charge in [0.05, 0.1) is 0 Å². The van der Waals surface area contributed by atoms with Gasteiger partial charge in [-0.15, -0.1) is 6.58 Å². The summed E-state index contributed by atoms with van der Waals surface area (Å²) in [6, 6.07) is -0.146. The van der Waals surface area contributed by atoms with Gasteiger partial charge in [-0.1, -0.05) is 13.0 Å². The average Bonchev–Trinajstić information content (AvgIpc) is 2.33. The molecule has 0 aromatic carbocycles. The van der Waals surface area contributed by atoms with Crippen molar-refractivity contribution in [3.8, 4) is 0 Å². The molecule has 1 N–H and O–H groups in total. The van der Waals surface area contributed by atoms with E-state index in [2.05, 4.69) is 6.58 Å². The van der Waals surface area contributed by atoms with Crippen LogP contribution in [-0.2, 0) is 4.79 Å². The lowest BCUT2D eigenvalue weighted by atomic mass is 10.2. The lowest BCUT2D eigenvalue weighted by molar-refractivity contribution is -0.137. The number of hydrogen-bond acceptors (Lipinski definition) is 3. The summed E-state index contributed by atoms with van der Waals surface area (Å²) in [5, 5.41) is 8.79. The van der Waals surface area contributed by atoms with E-state index < -0.39 is 5.97 Å². The number of rotatable bonds is 8. The quantitative estimate of drug-likeness (QED) is 0.685. The summed E-state index contributed by atoms with van der Waals surface area (Å²) in [6.45, 7) is 5.50. The van der Waals surface area contributed by atoms with Gasteiger partial charge in [0.25, 0.3) is 0 Å². The van der Waals surface area contributed by atoms with Gasteiger partial charge in [0, 0.05) is 25.4 Å². The average molecular weight is 274 g/mol. The predicted octanol–water partition coefficient (Wildman–Crippen LogP) is 1.75. The van der Waals surface area contributed by atoms with Crippen molar-refractivity contribution in [3.05, 3.63) is 12.7 Å². The molecule has 18 heavy (non-hydrogen) atoms. The molecule has 0 fully saturated rings. The number of carboxylic acids is 1. The van der Waals surface area contributed by atoms with Crippen molar-refractivity contribution >= 4 is 23.8 Å². The SMILES string of the molecule is C=CCN(CC(=O)O)C(=O)N(C)C(CC)CSC. The fourth-order valence-corrected chi connectivity index (χ4v) is 2.45. The topological polar surface area (TPSA) is 60.9 Å². The van der Waals surface area contributed by atoms with Crippen LogP contribution < -0.4 is 0 Å². The molecular formula is C12H22N2O3S. The van der Waals surface area contributed by atoms with E-state index in [1.54, 1.807) is 23.7 Å². The van der Waals surface area contributed by atoms with E-state index in [4.69, 9.17) is 5.11 Å². The second-order valence-corrected chi connectivity index (χ2v) is 4.88. The molecule has 0 rings (SSSR count). The van der Waals surface area contributed by atoms with Crippen molar-refractivity contribution in [2.24, 2.45) is 0 Å². The number of nitrogens with zero attached hydrogens (tertiary/aromatic N) is 2. The van der Waals surface area contributed by atoms with Gasteiger partial charge in [0.2, 0.25) is 0 Å². The van der Waals surface area contributed by atoms with Gasteiger partial charge in [-0.3, -0.25) is 4.79 Å². The molecule has 104 valence electrons. The van der Waals surface area contributed by atoms with Gasteiger partial charge >= 0.3 is 12.0 Å². The number of carbonyl (C=O) groups excluding carboxylic acids is 1. The molecule has 0 radical (unpaired) electrons. The molecular weight excluding hydrogens is 252 g/mol. The highest BCUT2D eigenvalue weighted by atomic mass is 32.2. The standard InChI is InChI=1S/C12H22N2O3S/c1-5-7-14(8-11(15)16)12(17)13(3)10(6-2)9-18-4/h5,10H,1,6-9H2,2-4H3,(H,15,16). The summed E-state index contributed by atoms with van der Waals surface area (Å²) in [7, 11) is 1.71. The highest BCUT2D eigenvalue weighted by Crippen LogP contribution is 2.11. The Bertz CT molecular complexity index is 297. The zero-order chi connectivity index (χ0) is 14.1. The Hall–Kier alpha value is -1.17. The van der Waals surface area contributed by atoms with Crippen LogP contribution in [0.2, 0.25) is 0 Å². The van der Waals surface area contributed by atoms with Crippen molar-refractivity contribution in [1.82, 2.24) is 9.80 Å². The summed E-state index contributed by atoms with van der Waals surface area (Å²) >= 11 is 1.67. The molecule has 0 spiro atoms. The van der Waals surface area contributed by atoms with E-state index in [1.165, 1.54) is 11.0 Å². The first-order chi connectivity index (χ1) is 8.47. The van der Waals surface area contributed by atoms with Crippen LogP contribution in [0.5, 0.6) is 0 Å². The zero-order valence-electron chi connectivity index (χ0n) is 11.3. The van der Waals surface area contributed by atoms with E-state index in [-0.39, 0.29) is 25.2 Å². The number of hydrogen-bond donors (Lipinski definition) is 1. The van der Waals surface area contributed by atoms with Crippen LogP contribution in [0.3, 0.4) is 0 Å². The summed E-state index contributed by atoms with van der Waals surface area (Å²) < 4.78 is 0. The fourth-order valence-electron chi connectivity index (χ4n) is 1.60. The third kappa shape index (κ3) is 5.44. The Kier molecular flexibility index (Phi) is 8.28. The third-order valence-electron chi connectivity index (χ3n) is 2.63. The minimum Gasteiger partial charge on any atom is -0.480 e. The van der Waals surface area contributed by atoms with Gasteiger partial charge in [-0.2, -0.15) is 11.8 Å². The Labute approximate surface area is 113 Å². The van der Waals surface area contributed by atoms with E-state index in [1.807, 2.05) is 13.2 Å². The summed E-state index contributed by atoms with van der Waals surface area (Å²) in [5.41, 5.74) is 0. The minimum atomic E-state index is -1.02. The summed E-state index contributed by atoms with van der Waals surface area (Å²) in [5.74, 6) is -0.176. The maximum atomic E-state index is 12.2. The molecule has 6 heteroatoms. The maximum absolute atomic E-state index is 12.2. The van der Waals surface area contributed by atoms with Gasteiger partial charge < -0.3 is 14.9 Å². The second-order valence-electron chi connectivity index (χ2n) is 3.97. The zero-order valence-corrected chi connectivity index (χ0v) is 12.1. The van der Waals surface area contributed by atoms with Crippen LogP contribution in [0.15, 0.2) is 12.7 Å². The number of carboxylic acid groups (broad SMARTS) is 1. The molecule has 0 aliphatic heterocycles. The van der Waals surface area contributed by atoms with Crippen molar-refractivity contribution in [3.63, 3.8) is 0 Å². The first-order valence-corrected chi connectivity index (χ1v) is 7.20. The van der Waals surface area contributed by atoms with E-state index >= 15 is 0 Å². The smallest absolute Gasteiger partial charge is 0.323 e. The Morgan fingerprint density at radius 3 is 2.50 bits per heavy atom. The molecule has 0 aliphatic rings. The number of urea groups is 1. The number of amides is 2. The third-order valence-corrected chi connectivity index (χ3v) is 3.34. The normalized spacial score (nSPS) is 11.7. The van der Waals surface area contributed by atoms with Crippen LogP contribution in [0.25, 0.3) is 0 Å². The monoisotopic (exact) mass is 274 g/mol. The molecule has 0 saturated carbocycles.